The van der Waals surface area contributed by atoms with Crippen molar-refractivity contribution < 1.29 is 19.6 Å². The van der Waals surface area contributed by atoms with E-state index in [1.807, 2.05) is 20.8 Å². The zero-order valence-electron chi connectivity index (χ0n) is 17.0. The Morgan fingerprint density at radius 2 is 1.69 bits per heavy atom. The van der Waals surface area contributed by atoms with Gasteiger partial charge in [-0.3, -0.25) is 0 Å². The van der Waals surface area contributed by atoms with Gasteiger partial charge in [-0.25, -0.2) is 4.79 Å². The highest BCUT2D eigenvalue weighted by Gasteiger charge is 2.60. The molecule has 0 aromatic rings. The number of carboxylic acid groups (broad SMARTS) is 1. The Hall–Kier alpha value is -0.790. The summed E-state index contributed by atoms with van der Waals surface area (Å²) in [6.07, 6.45) is 2.12. The first-order valence-corrected chi connectivity index (χ1v) is 10.5. The van der Waals surface area contributed by atoms with Gasteiger partial charge in [0.2, 0.25) is 0 Å². The molecule has 7 heteroatoms. The van der Waals surface area contributed by atoms with Gasteiger partial charge in [0.15, 0.2) is 0 Å². The van der Waals surface area contributed by atoms with Gasteiger partial charge < -0.3 is 19.7 Å². The molecule has 1 amide bonds. The van der Waals surface area contributed by atoms with Gasteiger partial charge in [0.1, 0.15) is 16.1 Å². The van der Waals surface area contributed by atoms with Crippen LogP contribution in [0.3, 0.4) is 0 Å². The normalized spacial score (nSPS) is 29.4. The van der Waals surface area contributed by atoms with E-state index in [9.17, 15) is 19.6 Å². The van der Waals surface area contributed by atoms with E-state index in [-0.39, 0.29) is 17.4 Å². The first-order chi connectivity index (χ1) is 11.8. The minimum absolute atomic E-state index is 0.0267. The van der Waals surface area contributed by atoms with Crippen molar-refractivity contribution in [2.45, 2.75) is 72.0 Å². The first-order valence-electron chi connectivity index (χ1n) is 9.39. The van der Waals surface area contributed by atoms with Crippen molar-refractivity contribution in [3.05, 3.63) is 0 Å². The van der Waals surface area contributed by atoms with Crippen molar-refractivity contribution in [3.63, 3.8) is 0 Å². The van der Waals surface area contributed by atoms with Crippen LogP contribution in [-0.2, 0) is 11.4 Å². The molecule has 1 saturated heterocycles. The first kappa shape index (κ1) is 21.5. The number of carbonyl (C=O) groups is 1. The van der Waals surface area contributed by atoms with E-state index in [2.05, 4.69) is 20.8 Å². The fraction of sp³-hybridized carbons (Fsp3) is 0.895. The molecule has 1 heterocycles. The summed E-state index contributed by atoms with van der Waals surface area (Å²) in [6.45, 7) is 12.9. The molecule has 0 aromatic heterocycles. The Labute approximate surface area is 160 Å². The Kier molecular flexibility index (Phi) is 5.78. The predicted octanol–water partition coefficient (Wildman–Crippen LogP) is 3.47. The van der Waals surface area contributed by atoms with Crippen LogP contribution in [0, 0.1) is 16.2 Å². The number of amides is 1. The molecule has 0 aromatic carbocycles. The van der Waals surface area contributed by atoms with E-state index in [1.165, 1.54) is 4.90 Å². The van der Waals surface area contributed by atoms with Crippen LogP contribution in [-0.4, -0.2) is 55.9 Å². The maximum absolute atomic E-state index is 12.9. The molecule has 1 aliphatic carbocycles. The molecule has 1 saturated carbocycles. The number of hydrogen-bond acceptors (Lipinski definition) is 4. The largest absolute Gasteiger partial charge is 0.591 e. The maximum Gasteiger partial charge on any atom is 0.407 e. The number of likely N-dealkylation sites (tertiary alicyclic amines) is 1. The highest BCUT2D eigenvalue weighted by atomic mass is 32.2. The summed E-state index contributed by atoms with van der Waals surface area (Å²) in [5.74, 6) is 0. The topological polar surface area (TPSA) is 96.2 Å². The third-order valence-electron chi connectivity index (χ3n) is 6.38. The number of piperidine rings is 1. The lowest BCUT2D eigenvalue weighted by molar-refractivity contribution is 0.0795. The quantitative estimate of drug-likeness (QED) is 0.710. The Morgan fingerprint density at radius 1 is 1.15 bits per heavy atom. The smallest absolute Gasteiger partial charge is 0.407 e. The molecule has 1 aliphatic heterocycles. The zero-order valence-corrected chi connectivity index (χ0v) is 17.8. The fourth-order valence-electron chi connectivity index (χ4n) is 4.34. The molecule has 1 unspecified atom stereocenters. The summed E-state index contributed by atoms with van der Waals surface area (Å²) in [7, 11) is 0. The second kappa shape index (κ2) is 6.99. The molecule has 2 aliphatic rings. The third kappa shape index (κ3) is 3.62. The lowest BCUT2D eigenvalue weighted by atomic mass is 9.62. The molecular weight excluding hydrogens is 352 g/mol. The summed E-state index contributed by atoms with van der Waals surface area (Å²) in [6, 6.07) is 0. The van der Waals surface area contributed by atoms with Crippen LogP contribution >= 0.6 is 0 Å². The molecule has 2 atom stereocenters. The molecule has 2 fully saturated rings. The van der Waals surface area contributed by atoms with Crippen LogP contribution in [0.2, 0.25) is 0 Å². The molecule has 0 radical (unpaired) electrons. The Balaban J connectivity index is 2.50. The van der Waals surface area contributed by atoms with Gasteiger partial charge in [-0.1, -0.05) is 25.2 Å². The average Bonchev–Trinajstić information content (AvgIpc) is 2.81. The number of aliphatic hydroxyl groups excluding tert-OH is 1. The number of rotatable bonds is 2. The van der Waals surface area contributed by atoms with Crippen LogP contribution in [0.1, 0.15) is 67.2 Å². The minimum atomic E-state index is -1.41. The Morgan fingerprint density at radius 3 is 2.08 bits per heavy atom. The second-order valence-electron chi connectivity index (χ2n) is 9.84. The summed E-state index contributed by atoms with van der Waals surface area (Å²) in [5, 5.41) is 19.7. The second-order valence-corrected chi connectivity index (χ2v) is 11.7. The van der Waals surface area contributed by atoms with Gasteiger partial charge >= 0.3 is 6.09 Å². The molecular formula is C19H34N2O4S. The SMILES string of the molecule is CC(C)(C)[S@@+]([O-])N=C1C2(CCN(C(=O)O)CC2)CCC1(CO)C(C)(C)C. The van der Waals surface area contributed by atoms with E-state index < -0.39 is 27.6 Å². The fourth-order valence-corrected chi connectivity index (χ4v) is 5.14. The predicted molar refractivity (Wildman–Crippen MR) is 105 cm³/mol. The van der Waals surface area contributed by atoms with Gasteiger partial charge in [0.05, 0.1) is 12.3 Å². The monoisotopic (exact) mass is 386 g/mol. The van der Waals surface area contributed by atoms with Crippen LogP contribution < -0.4 is 0 Å². The van der Waals surface area contributed by atoms with Crippen LogP contribution in [0.15, 0.2) is 4.40 Å². The molecule has 26 heavy (non-hydrogen) atoms. The van der Waals surface area contributed by atoms with E-state index in [4.69, 9.17) is 4.40 Å². The van der Waals surface area contributed by atoms with Gasteiger partial charge in [-0.05, 0) is 51.9 Å². The molecule has 150 valence electrons. The molecule has 2 N–H and O–H groups in total. The standard InChI is InChI=1S/C19H34N2O4S/c1-16(2,3)19(13-22)8-7-18(9-11-21(12-10-18)15(23)24)14(19)20-26(25)17(4,5)6/h22H,7-13H2,1-6H3,(H,23,24)/t19?,26-/m1/s1. The van der Waals surface area contributed by atoms with Crippen molar-refractivity contribution in [3.8, 4) is 0 Å². The van der Waals surface area contributed by atoms with Gasteiger partial charge in [0.25, 0.3) is 0 Å². The van der Waals surface area contributed by atoms with Crippen molar-refractivity contribution in [2.24, 2.45) is 20.6 Å². The van der Waals surface area contributed by atoms with Crippen molar-refractivity contribution in [2.75, 3.05) is 19.7 Å². The molecule has 2 rings (SSSR count). The summed E-state index contributed by atoms with van der Waals surface area (Å²) >= 11 is -1.41. The summed E-state index contributed by atoms with van der Waals surface area (Å²) in [4.78, 5) is 12.7. The highest BCUT2D eigenvalue weighted by Crippen LogP contribution is 2.59. The molecule has 1 spiro atoms. The lowest BCUT2D eigenvalue weighted by Crippen LogP contribution is -2.51. The lowest BCUT2D eigenvalue weighted by Gasteiger charge is -2.45. The van der Waals surface area contributed by atoms with Crippen LogP contribution in [0.25, 0.3) is 0 Å². The van der Waals surface area contributed by atoms with Crippen LogP contribution in [0.4, 0.5) is 4.79 Å². The van der Waals surface area contributed by atoms with Gasteiger partial charge in [-0.15, -0.1) is 0 Å². The highest BCUT2D eigenvalue weighted by molar-refractivity contribution is 7.91. The van der Waals surface area contributed by atoms with E-state index in [0.717, 1.165) is 18.6 Å². The summed E-state index contributed by atoms with van der Waals surface area (Å²) < 4.78 is 17.2. The number of nitrogens with zero attached hydrogens (tertiary/aromatic N) is 2. The van der Waals surface area contributed by atoms with Crippen molar-refractivity contribution in [1.82, 2.24) is 4.90 Å². The maximum atomic E-state index is 12.9. The van der Waals surface area contributed by atoms with E-state index in [0.29, 0.717) is 25.9 Å². The van der Waals surface area contributed by atoms with Gasteiger partial charge in [0, 0.05) is 23.9 Å². The average molecular weight is 387 g/mol. The third-order valence-corrected chi connectivity index (χ3v) is 7.78. The molecule has 6 nitrogen and oxygen atoms in total. The van der Waals surface area contributed by atoms with Gasteiger partial charge in [-0.2, -0.15) is 0 Å². The Bertz CT molecular complexity index is 571. The van der Waals surface area contributed by atoms with E-state index >= 15 is 0 Å². The van der Waals surface area contributed by atoms with E-state index in [1.54, 1.807) is 0 Å². The summed E-state index contributed by atoms with van der Waals surface area (Å²) in [5.41, 5.74) is -0.142. The number of aliphatic hydroxyl groups is 1. The van der Waals surface area contributed by atoms with Crippen LogP contribution in [0.5, 0.6) is 0 Å². The molecule has 0 bridgehead atoms. The number of hydrogen-bond donors (Lipinski definition) is 2. The zero-order chi connectivity index (χ0) is 20.0. The van der Waals surface area contributed by atoms with Crippen molar-refractivity contribution in [1.29, 1.82) is 0 Å². The van der Waals surface area contributed by atoms with Crippen molar-refractivity contribution >= 4 is 23.2 Å². The minimum Gasteiger partial charge on any atom is -0.591 e.